The lowest BCUT2D eigenvalue weighted by atomic mass is 10.2. The third-order valence-electron chi connectivity index (χ3n) is 1.81. The van der Waals surface area contributed by atoms with Gasteiger partial charge in [-0.1, -0.05) is 18.2 Å². The second-order valence-corrected chi connectivity index (χ2v) is 2.91. The zero-order valence-electron chi connectivity index (χ0n) is 7.75. The summed E-state index contributed by atoms with van der Waals surface area (Å²) in [4.78, 5) is 10.5. The molecule has 1 atom stereocenters. The monoisotopic (exact) mass is 193 g/mol. The molecule has 0 aliphatic rings. The van der Waals surface area contributed by atoms with E-state index in [1.165, 1.54) is 13.1 Å². The van der Waals surface area contributed by atoms with Gasteiger partial charge in [0.25, 0.3) is 6.04 Å². The minimum atomic E-state index is -1.13. The molecule has 0 bridgehead atoms. The maximum absolute atomic E-state index is 11.2. The van der Waals surface area contributed by atoms with Crippen LogP contribution in [0.25, 0.3) is 0 Å². The lowest BCUT2D eigenvalue weighted by Crippen LogP contribution is -2.28. The fourth-order valence-corrected chi connectivity index (χ4v) is 0.907. The van der Waals surface area contributed by atoms with Crippen LogP contribution < -0.4 is 0 Å². The van der Waals surface area contributed by atoms with E-state index < -0.39 is 12.0 Å². The summed E-state index contributed by atoms with van der Waals surface area (Å²) in [6.07, 6.45) is 1.26. The van der Waals surface area contributed by atoms with E-state index in [0.717, 1.165) is 0 Å². The second-order valence-electron chi connectivity index (χ2n) is 2.91. The number of hydrogen-bond acceptors (Lipinski definition) is 2. The van der Waals surface area contributed by atoms with Gasteiger partial charge in [-0.2, -0.15) is 4.74 Å². The van der Waals surface area contributed by atoms with E-state index >= 15 is 0 Å². The van der Waals surface area contributed by atoms with Gasteiger partial charge in [0.05, 0.1) is 0 Å². The van der Waals surface area contributed by atoms with Crippen molar-refractivity contribution in [2.75, 3.05) is 0 Å². The maximum atomic E-state index is 11.2. The van der Waals surface area contributed by atoms with Crippen LogP contribution in [0.1, 0.15) is 12.5 Å². The van der Waals surface area contributed by atoms with E-state index in [9.17, 15) is 10.0 Å². The molecule has 0 saturated heterocycles. The summed E-state index contributed by atoms with van der Waals surface area (Å²) in [5, 5.41) is 19.8. The minimum absolute atomic E-state index is 0.428. The van der Waals surface area contributed by atoms with Crippen LogP contribution in [-0.4, -0.2) is 28.1 Å². The van der Waals surface area contributed by atoms with E-state index in [-0.39, 0.29) is 0 Å². The highest BCUT2D eigenvalue weighted by atomic mass is 16.5. The van der Waals surface area contributed by atoms with Gasteiger partial charge in [-0.05, 0) is 12.1 Å². The van der Waals surface area contributed by atoms with Gasteiger partial charge in [0.15, 0.2) is 6.21 Å². The fourth-order valence-electron chi connectivity index (χ4n) is 0.907. The molecule has 14 heavy (non-hydrogen) atoms. The van der Waals surface area contributed by atoms with Gasteiger partial charge in [0.1, 0.15) is 0 Å². The minimum Gasteiger partial charge on any atom is -0.623 e. The number of carboxylic acid groups (broad SMARTS) is 1. The number of rotatable bonds is 3. The van der Waals surface area contributed by atoms with Gasteiger partial charge < -0.3 is 10.3 Å². The van der Waals surface area contributed by atoms with Crippen molar-refractivity contribution < 1.29 is 14.6 Å². The third-order valence-corrected chi connectivity index (χ3v) is 1.81. The maximum Gasteiger partial charge on any atom is 0.373 e. The molecule has 4 heteroatoms. The first-order chi connectivity index (χ1) is 6.61. The van der Waals surface area contributed by atoms with Crippen LogP contribution in [0.15, 0.2) is 30.3 Å². The van der Waals surface area contributed by atoms with Crippen LogP contribution in [0, 0.1) is 5.21 Å². The lowest BCUT2D eigenvalue weighted by Gasteiger charge is -2.07. The highest BCUT2D eigenvalue weighted by Gasteiger charge is 2.17. The lowest BCUT2D eigenvalue weighted by molar-refractivity contribution is -0.479. The Labute approximate surface area is 81.7 Å². The molecule has 0 saturated carbocycles. The Morgan fingerprint density at radius 1 is 1.50 bits per heavy atom. The number of hydrogen-bond donors (Lipinski definition) is 1. The molecule has 74 valence electrons. The van der Waals surface area contributed by atoms with Crippen LogP contribution in [0.4, 0.5) is 0 Å². The van der Waals surface area contributed by atoms with Crippen molar-refractivity contribution in [1.82, 2.24) is 0 Å². The average molecular weight is 193 g/mol. The van der Waals surface area contributed by atoms with Gasteiger partial charge in [-0.3, -0.25) is 0 Å². The van der Waals surface area contributed by atoms with Crippen molar-refractivity contribution in [1.29, 1.82) is 0 Å². The summed E-state index contributed by atoms with van der Waals surface area (Å²) in [7, 11) is 0. The first kappa shape index (κ1) is 10.2. The second kappa shape index (κ2) is 4.41. The third kappa shape index (κ3) is 2.58. The normalized spacial score (nSPS) is 13.6. The Morgan fingerprint density at radius 3 is 2.57 bits per heavy atom. The van der Waals surface area contributed by atoms with Crippen LogP contribution in [0.5, 0.6) is 0 Å². The molecule has 0 fully saturated rings. The number of hydroxylamine groups is 1. The molecule has 1 rings (SSSR count). The van der Waals surface area contributed by atoms with Gasteiger partial charge in [0, 0.05) is 12.5 Å². The van der Waals surface area contributed by atoms with Crippen molar-refractivity contribution in [3.05, 3.63) is 41.1 Å². The molecule has 4 nitrogen and oxygen atoms in total. The average Bonchev–Trinajstić information content (AvgIpc) is 2.18. The van der Waals surface area contributed by atoms with Crippen molar-refractivity contribution in [2.24, 2.45) is 0 Å². The van der Waals surface area contributed by atoms with Crippen LogP contribution in [0.3, 0.4) is 0 Å². The number of aliphatic carboxylic acids is 1. The summed E-state index contributed by atoms with van der Waals surface area (Å²) in [6, 6.07) is 7.80. The predicted octanol–water partition coefficient (Wildman–Crippen LogP) is 1.09. The van der Waals surface area contributed by atoms with E-state index in [1.807, 2.05) is 6.07 Å². The molecular formula is C10H11NO3. The van der Waals surface area contributed by atoms with E-state index in [4.69, 9.17) is 5.11 Å². The molecule has 1 aromatic carbocycles. The summed E-state index contributed by atoms with van der Waals surface area (Å²) in [5.74, 6) is -1.13. The Balaban J connectivity index is 2.84. The van der Waals surface area contributed by atoms with E-state index in [2.05, 4.69) is 0 Å². The van der Waals surface area contributed by atoms with Crippen LogP contribution in [0.2, 0.25) is 0 Å². The molecule has 1 aromatic rings. The zero-order valence-corrected chi connectivity index (χ0v) is 7.75. The summed E-state index contributed by atoms with van der Waals surface area (Å²) in [6.45, 7) is 1.34. The van der Waals surface area contributed by atoms with Crippen molar-refractivity contribution in [3.8, 4) is 0 Å². The molecule has 1 N–H and O–H groups in total. The largest absolute Gasteiger partial charge is 0.623 e. The zero-order chi connectivity index (χ0) is 10.6. The SMILES string of the molecule is C[C@@H](C(=O)O)/[N+]([O-])=C/c1ccccc1. The van der Waals surface area contributed by atoms with Gasteiger partial charge in [-0.15, -0.1) is 0 Å². The number of benzene rings is 1. The standard InChI is InChI=1S/C10H11NO3/c1-8(10(12)13)11(14)7-9-5-3-2-4-6-9/h2-8H,1H3,(H,12,13)/b11-7-/t8-/m0/s1. The molecule has 0 amide bonds. The fraction of sp³-hybridized carbons (Fsp3) is 0.200. The molecule has 0 radical (unpaired) electrons. The molecule has 0 spiro atoms. The van der Waals surface area contributed by atoms with Crippen molar-refractivity contribution >= 4 is 12.2 Å². The van der Waals surface area contributed by atoms with Crippen LogP contribution >= 0.6 is 0 Å². The topological polar surface area (TPSA) is 63.4 Å². The first-order valence-electron chi connectivity index (χ1n) is 4.19. The molecular weight excluding hydrogens is 182 g/mol. The van der Waals surface area contributed by atoms with E-state index in [0.29, 0.717) is 10.3 Å². The number of carboxylic acids is 1. The van der Waals surface area contributed by atoms with E-state index in [1.54, 1.807) is 24.3 Å². The summed E-state index contributed by atoms with van der Waals surface area (Å²) < 4.78 is 0.428. The number of carbonyl (C=O) groups is 1. The first-order valence-corrected chi connectivity index (χ1v) is 4.19. The van der Waals surface area contributed by atoms with Crippen molar-refractivity contribution in [2.45, 2.75) is 13.0 Å². The highest BCUT2D eigenvalue weighted by molar-refractivity contribution is 5.77. The Kier molecular flexibility index (Phi) is 3.23. The predicted molar refractivity (Wildman–Crippen MR) is 52.3 cm³/mol. The molecule has 0 heterocycles. The molecule has 0 unspecified atom stereocenters. The molecule has 0 aliphatic carbocycles. The summed E-state index contributed by atoms with van der Waals surface area (Å²) >= 11 is 0. The van der Waals surface area contributed by atoms with Gasteiger partial charge in [0.2, 0.25) is 0 Å². The highest BCUT2D eigenvalue weighted by Crippen LogP contribution is 1.96. The van der Waals surface area contributed by atoms with Crippen LogP contribution in [-0.2, 0) is 4.79 Å². The number of nitrogens with zero attached hydrogens (tertiary/aromatic N) is 1. The molecule has 0 aliphatic heterocycles. The smallest absolute Gasteiger partial charge is 0.373 e. The Bertz CT molecular complexity index is 346. The Hall–Kier alpha value is -1.84. The Morgan fingerprint density at radius 2 is 2.07 bits per heavy atom. The quantitative estimate of drug-likeness (QED) is 0.338. The summed E-state index contributed by atoms with van der Waals surface area (Å²) in [5.41, 5.74) is 0.690. The van der Waals surface area contributed by atoms with Crippen molar-refractivity contribution in [3.63, 3.8) is 0 Å². The molecule has 0 aromatic heterocycles. The van der Waals surface area contributed by atoms with Gasteiger partial charge in [-0.25, -0.2) is 4.79 Å². The van der Waals surface area contributed by atoms with Gasteiger partial charge >= 0.3 is 5.97 Å².